The zero-order valence-electron chi connectivity index (χ0n) is 18.2. The molecule has 1 aliphatic rings. The fourth-order valence-electron chi connectivity index (χ4n) is 3.40. The zero-order valence-corrected chi connectivity index (χ0v) is 18.2. The minimum Gasteiger partial charge on any atom is -0.497 e. The van der Waals surface area contributed by atoms with Gasteiger partial charge in [-0.05, 0) is 61.1 Å². The van der Waals surface area contributed by atoms with Crippen molar-refractivity contribution < 1.29 is 14.3 Å². The molecule has 0 radical (unpaired) electrons. The average Bonchev–Trinajstić information content (AvgIpc) is 3.61. The van der Waals surface area contributed by atoms with E-state index in [1.807, 2.05) is 59.5 Å². The predicted octanol–water partition coefficient (Wildman–Crippen LogP) is 6.11. The van der Waals surface area contributed by atoms with Crippen molar-refractivity contribution in [3.63, 3.8) is 0 Å². The van der Waals surface area contributed by atoms with Crippen LogP contribution >= 0.6 is 0 Å². The van der Waals surface area contributed by atoms with Gasteiger partial charge in [0.25, 0.3) is 5.91 Å². The second kappa shape index (κ2) is 11.4. The number of nitrogens with zero attached hydrogens (tertiary/aromatic N) is 1. The van der Waals surface area contributed by atoms with Gasteiger partial charge in [0.15, 0.2) is 0 Å². The molecule has 0 atom stereocenters. The van der Waals surface area contributed by atoms with E-state index in [1.54, 1.807) is 13.2 Å². The lowest BCUT2D eigenvalue weighted by molar-refractivity contribution is -0.114. The molecule has 0 saturated heterocycles. The molecule has 160 valence electrons. The van der Waals surface area contributed by atoms with E-state index in [4.69, 9.17) is 9.47 Å². The van der Waals surface area contributed by atoms with Gasteiger partial charge < -0.3 is 14.4 Å². The van der Waals surface area contributed by atoms with Crippen molar-refractivity contribution >= 4 is 17.7 Å². The predicted molar refractivity (Wildman–Crippen MR) is 123 cm³/mol. The topological polar surface area (TPSA) is 38.8 Å². The first-order chi connectivity index (χ1) is 14.7. The van der Waals surface area contributed by atoms with Crippen molar-refractivity contribution in [1.82, 2.24) is 0 Å². The molecule has 0 aromatic heterocycles. The Morgan fingerprint density at radius 3 is 2.57 bits per heavy atom. The summed E-state index contributed by atoms with van der Waals surface area (Å²) in [6, 6.07) is 15.6. The Bertz CT molecular complexity index is 824. The summed E-state index contributed by atoms with van der Waals surface area (Å²) < 4.78 is 11.2. The molecule has 1 amide bonds. The molecule has 0 N–H and O–H groups in total. The minimum atomic E-state index is -0.0202. The maximum absolute atomic E-state index is 13.2. The molecular formula is C26H33NO3. The number of unbranched alkanes of at least 4 members (excludes halogenated alkanes) is 1. The van der Waals surface area contributed by atoms with Crippen molar-refractivity contribution in [2.24, 2.45) is 5.92 Å². The number of hydrogen-bond acceptors (Lipinski definition) is 3. The summed E-state index contributed by atoms with van der Waals surface area (Å²) in [7, 11) is 1.65. The van der Waals surface area contributed by atoms with Gasteiger partial charge in [0.2, 0.25) is 0 Å². The van der Waals surface area contributed by atoms with E-state index in [1.165, 1.54) is 19.3 Å². The Kier molecular flexibility index (Phi) is 8.37. The molecule has 1 fully saturated rings. The van der Waals surface area contributed by atoms with Crippen LogP contribution in [0.1, 0.15) is 51.0 Å². The van der Waals surface area contributed by atoms with E-state index in [2.05, 4.69) is 6.92 Å². The third kappa shape index (κ3) is 6.65. The molecule has 2 aromatic carbocycles. The van der Waals surface area contributed by atoms with Crippen molar-refractivity contribution in [1.29, 1.82) is 0 Å². The number of carbonyl (C=O) groups excluding carboxylic acids is 1. The fourth-order valence-corrected chi connectivity index (χ4v) is 3.40. The van der Waals surface area contributed by atoms with Gasteiger partial charge in [-0.25, -0.2) is 0 Å². The summed E-state index contributed by atoms with van der Waals surface area (Å²) in [6.07, 6.45) is 10.5. The highest BCUT2D eigenvalue weighted by Gasteiger charge is 2.22. The summed E-state index contributed by atoms with van der Waals surface area (Å²) in [5.41, 5.74) is 1.82. The summed E-state index contributed by atoms with van der Waals surface area (Å²) in [5, 5.41) is 0. The first kappa shape index (κ1) is 21.9. The number of hydrogen-bond donors (Lipinski definition) is 0. The Balaban J connectivity index is 1.75. The van der Waals surface area contributed by atoms with E-state index in [0.29, 0.717) is 13.2 Å². The second-order valence-electron chi connectivity index (χ2n) is 7.85. The Labute approximate surface area is 180 Å². The molecule has 0 aliphatic heterocycles. The SMILES string of the molecule is CCCCOc1ccccc1N(CCCC1CC1)C(=O)/C=C/c1ccc(OC)cc1. The highest BCUT2D eigenvalue weighted by molar-refractivity contribution is 6.04. The first-order valence-electron chi connectivity index (χ1n) is 11.1. The molecular weight excluding hydrogens is 374 g/mol. The van der Waals surface area contributed by atoms with Crippen LogP contribution in [0.25, 0.3) is 6.08 Å². The van der Waals surface area contributed by atoms with E-state index in [9.17, 15) is 4.79 Å². The van der Waals surface area contributed by atoms with Crippen molar-refractivity contribution in [3.8, 4) is 11.5 Å². The highest BCUT2D eigenvalue weighted by atomic mass is 16.5. The lowest BCUT2D eigenvalue weighted by atomic mass is 10.1. The lowest BCUT2D eigenvalue weighted by Gasteiger charge is -2.24. The molecule has 0 heterocycles. The Morgan fingerprint density at radius 2 is 1.87 bits per heavy atom. The number of carbonyl (C=O) groups is 1. The standard InChI is InChI=1S/C26H33NO3/c1-3-4-20-30-25-10-6-5-9-24(25)27(19-7-8-21-11-12-21)26(28)18-15-22-13-16-23(29-2)17-14-22/h5-6,9-10,13-18,21H,3-4,7-8,11-12,19-20H2,1-2H3/b18-15+. The van der Waals surface area contributed by atoms with Gasteiger partial charge in [-0.2, -0.15) is 0 Å². The van der Waals surface area contributed by atoms with Crippen LogP contribution in [0.2, 0.25) is 0 Å². The summed E-state index contributed by atoms with van der Waals surface area (Å²) >= 11 is 0. The molecule has 1 saturated carbocycles. The summed E-state index contributed by atoms with van der Waals surface area (Å²) in [5.74, 6) is 2.42. The minimum absolute atomic E-state index is 0.0202. The van der Waals surface area contributed by atoms with Gasteiger partial charge >= 0.3 is 0 Å². The van der Waals surface area contributed by atoms with Crippen LogP contribution in [0.4, 0.5) is 5.69 Å². The summed E-state index contributed by atoms with van der Waals surface area (Å²) in [4.78, 5) is 15.0. The van der Waals surface area contributed by atoms with Crippen molar-refractivity contribution in [2.75, 3.05) is 25.2 Å². The molecule has 30 heavy (non-hydrogen) atoms. The quantitative estimate of drug-likeness (QED) is 0.315. The lowest BCUT2D eigenvalue weighted by Crippen LogP contribution is -2.31. The molecule has 4 nitrogen and oxygen atoms in total. The monoisotopic (exact) mass is 407 g/mol. The van der Waals surface area contributed by atoms with Crippen LogP contribution in [0.3, 0.4) is 0 Å². The number of rotatable bonds is 12. The van der Waals surface area contributed by atoms with Crippen molar-refractivity contribution in [3.05, 3.63) is 60.2 Å². The molecule has 0 spiro atoms. The van der Waals surface area contributed by atoms with Crippen LogP contribution in [-0.2, 0) is 4.79 Å². The van der Waals surface area contributed by atoms with Crippen LogP contribution in [0.5, 0.6) is 11.5 Å². The van der Waals surface area contributed by atoms with Crippen LogP contribution in [-0.4, -0.2) is 26.2 Å². The number of anilines is 1. The third-order valence-electron chi connectivity index (χ3n) is 5.40. The highest BCUT2D eigenvalue weighted by Crippen LogP contribution is 2.34. The van der Waals surface area contributed by atoms with Gasteiger partial charge in [-0.15, -0.1) is 0 Å². The van der Waals surface area contributed by atoms with Crippen molar-refractivity contribution in [2.45, 2.75) is 45.4 Å². The molecule has 0 bridgehead atoms. The molecule has 0 unspecified atom stereocenters. The number of methoxy groups -OCH3 is 1. The maximum atomic E-state index is 13.2. The van der Waals surface area contributed by atoms with E-state index in [0.717, 1.165) is 47.9 Å². The van der Waals surface area contributed by atoms with Crippen LogP contribution < -0.4 is 14.4 Å². The Hall–Kier alpha value is -2.75. The largest absolute Gasteiger partial charge is 0.497 e. The first-order valence-corrected chi connectivity index (χ1v) is 11.1. The molecule has 1 aliphatic carbocycles. The Morgan fingerprint density at radius 1 is 1.10 bits per heavy atom. The van der Waals surface area contributed by atoms with Crippen LogP contribution in [0, 0.1) is 5.92 Å². The number of benzene rings is 2. The molecule has 2 aromatic rings. The maximum Gasteiger partial charge on any atom is 0.251 e. The summed E-state index contributed by atoms with van der Waals surface area (Å²) in [6.45, 7) is 3.52. The van der Waals surface area contributed by atoms with E-state index < -0.39 is 0 Å². The molecule has 3 rings (SSSR count). The smallest absolute Gasteiger partial charge is 0.251 e. The van der Waals surface area contributed by atoms with Gasteiger partial charge in [-0.3, -0.25) is 4.79 Å². The van der Waals surface area contributed by atoms with Gasteiger partial charge in [0.05, 0.1) is 19.4 Å². The molecule has 4 heteroatoms. The van der Waals surface area contributed by atoms with Gasteiger partial charge in [0.1, 0.15) is 11.5 Å². The fraction of sp³-hybridized carbons (Fsp3) is 0.423. The van der Waals surface area contributed by atoms with Gasteiger partial charge in [0, 0.05) is 12.6 Å². The normalized spacial score (nSPS) is 13.4. The van der Waals surface area contributed by atoms with E-state index >= 15 is 0 Å². The van der Waals surface area contributed by atoms with Gasteiger partial charge in [-0.1, -0.05) is 50.5 Å². The van der Waals surface area contributed by atoms with Crippen LogP contribution in [0.15, 0.2) is 54.6 Å². The average molecular weight is 408 g/mol. The third-order valence-corrected chi connectivity index (χ3v) is 5.40. The number of para-hydroxylation sites is 2. The van der Waals surface area contributed by atoms with E-state index in [-0.39, 0.29) is 5.91 Å². The number of amides is 1. The second-order valence-corrected chi connectivity index (χ2v) is 7.85. The zero-order chi connectivity index (χ0) is 21.2. The number of ether oxygens (including phenoxy) is 2.